The van der Waals surface area contributed by atoms with E-state index in [-0.39, 0.29) is 5.41 Å². The summed E-state index contributed by atoms with van der Waals surface area (Å²) < 4.78 is 2.47. The molecule has 9 aromatic rings. The van der Waals surface area contributed by atoms with Gasteiger partial charge in [0.2, 0.25) is 0 Å². The topological polar surface area (TPSA) is 11.4 Å². The second-order valence-corrected chi connectivity index (χ2v) is 14.7. The number of fused-ring (bicyclic) bond motifs is 6. The van der Waals surface area contributed by atoms with Crippen LogP contribution in [-0.2, 0) is 5.41 Å². The molecule has 3 nitrogen and oxygen atoms in total. The van der Waals surface area contributed by atoms with Gasteiger partial charge in [-0.25, -0.2) is 0 Å². The van der Waals surface area contributed by atoms with E-state index in [0.717, 1.165) is 39.8 Å². The van der Waals surface area contributed by atoms with Crippen LogP contribution in [0.25, 0.3) is 38.6 Å². The van der Waals surface area contributed by atoms with E-state index < -0.39 is 0 Å². The molecule has 0 fully saturated rings. The number of aromatic nitrogens is 1. The van der Waals surface area contributed by atoms with Gasteiger partial charge in [0.25, 0.3) is 0 Å². The van der Waals surface area contributed by atoms with E-state index in [1.54, 1.807) is 0 Å². The predicted octanol–water partition coefficient (Wildman–Crippen LogP) is 14.0. The SMILES string of the molecule is CC1(C)c2ccccc2-c2cc3c4ccc(N(c5ccccc5)c5ccccc5)cc4n(-c4ccc(N(c5ccccc5)c5ccccc5)cc4)c3cc21. The van der Waals surface area contributed by atoms with Crippen molar-refractivity contribution in [3.05, 3.63) is 211 Å². The van der Waals surface area contributed by atoms with Crippen LogP contribution in [0.2, 0.25) is 0 Å². The fraction of sp³-hybridized carbons (Fsp3) is 0.0588. The van der Waals surface area contributed by atoms with Crippen molar-refractivity contribution in [2.24, 2.45) is 0 Å². The van der Waals surface area contributed by atoms with Gasteiger partial charge >= 0.3 is 0 Å². The summed E-state index contributed by atoms with van der Waals surface area (Å²) in [5.41, 5.74) is 15.5. The highest BCUT2D eigenvalue weighted by molar-refractivity contribution is 6.12. The largest absolute Gasteiger partial charge is 0.311 e. The highest BCUT2D eigenvalue weighted by Gasteiger charge is 2.36. The van der Waals surface area contributed by atoms with E-state index in [1.165, 1.54) is 44.1 Å². The molecular weight excluding hydrogens is 655 g/mol. The molecule has 8 aromatic carbocycles. The highest BCUT2D eigenvalue weighted by Crippen LogP contribution is 2.51. The smallest absolute Gasteiger partial charge is 0.0561 e. The lowest BCUT2D eigenvalue weighted by Gasteiger charge is -2.26. The van der Waals surface area contributed by atoms with E-state index in [4.69, 9.17) is 0 Å². The highest BCUT2D eigenvalue weighted by atomic mass is 15.1. The first-order valence-electron chi connectivity index (χ1n) is 18.7. The lowest BCUT2D eigenvalue weighted by Crippen LogP contribution is -2.15. The number of rotatable bonds is 7. The summed E-state index contributed by atoms with van der Waals surface area (Å²) in [6.45, 7) is 4.73. The van der Waals surface area contributed by atoms with Crippen molar-refractivity contribution in [3.8, 4) is 16.8 Å². The van der Waals surface area contributed by atoms with Crippen LogP contribution in [0.5, 0.6) is 0 Å². The van der Waals surface area contributed by atoms with Crippen LogP contribution in [0.1, 0.15) is 25.0 Å². The van der Waals surface area contributed by atoms with E-state index in [2.05, 4.69) is 228 Å². The monoisotopic (exact) mass is 693 g/mol. The molecular formula is C51H39N3. The summed E-state index contributed by atoms with van der Waals surface area (Å²) >= 11 is 0. The Labute approximate surface area is 316 Å². The molecule has 10 rings (SSSR count). The first kappa shape index (κ1) is 31.9. The second kappa shape index (κ2) is 12.7. The molecule has 0 aliphatic heterocycles. The number of benzene rings is 8. The van der Waals surface area contributed by atoms with E-state index >= 15 is 0 Å². The molecule has 0 saturated carbocycles. The van der Waals surface area contributed by atoms with Crippen LogP contribution < -0.4 is 9.80 Å². The average Bonchev–Trinajstić information content (AvgIpc) is 3.66. The zero-order valence-corrected chi connectivity index (χ0v) is 30.4. The first-order valence-corrected chi connectivity index (χ1v) is 18.7. The third kappa shape index (κ3) is 5.12. The summed E-state index contributed by atoms with van der Waals surface area (Å²) in [4.78, 5) is 4.67. The standard InChI is InChI=1S/C51H39N3/c1-51(2)47-26-16-15-25-43(47)45-34-46-44-32-31-42(53(38-21-11-5-12-22-38)39-23-13-6-14-24-39)33-49(44)54(50(46)35-48(45)51)41-29-27-40(28-30-41)52(36-17-7-3-8-18-36)37-19-9-4-10-20-37/h3-35H,1-2H3. The zero-order valence-electron chi connectivity index (χ0n) is 30.4. The van der Waals surface area contributed by atoms with Gasteiger partial charge in [-0.15, -0.1) is 0 Å². The van der Waals surface area contributed by atoms with Crippen molar-refractivity contribution in [3.63, 3.8) is 0 Å². The van der Waals surface area contributed by atoms with Gasteiger partial charge in [0.1, 0.15) is 0 Å². The lowest BCUT2D eigenvalue weighted by atomic mass is 9.82. The average molecular weight is 694 g/mol. The summed E-state index contributed by atoms with van der Waals surface area (Å²) in [5.74, 6) is 0. The Kier molecular flexibility index (Phi) is 7.48. The predicted molar refractivity (Wildman–Crippen MR) is 228 cm³/mol. The summed E-state index contributed by atoms with van der Waals surface area (Å²) in [6.07, 6.45) is 0. The molecule has 0 N–H and O–H groups in total. The molecule has 54 heavy (non-hydrogen) atoms. The molecule has 1 aliphatic rings. The number of hydrogen-bond donors (Lipinski definition) is 0. The van der Waals surface area contributed by atoms with Gasteiger partial charge in [-0.05, 0) is 119 Å². The number of nitrogens with zero attached hydrogens (tertiary/aromatic N) is 3. The van der Waals surface area contributed by atoms with Crippen LogP contribution in [-0.4, -0.2) is 4.57 Å². The van der Waals surface area contributed by atoms with Crippen molar-refractivity contribution >= 4 is 55.9 Å². The summed E-state index contributed by atoms with van der Waals surface area (Å²) in [7, 11) is 0. The van der Waals surface area contributed by atoms with Gasteiger partial charge in [0, 0.05) is 56.0 Å². The van der Waals surface area contributed by atoms with Crippen LogP contribution >= 0.6 is 0 Å². The number of anilines is 6. The molecule has 0 saturated heterocycles. The van der Waals surface area contributed by atoms with Crippen LogP contribution in [0.3, 0.4) is 0 Å². The summed E-state index contributed by atoms with van der Waals surface area (Å²) in [5, 5.41) is 2.49. The van der Waals surface area contributed by atoms with Gasteiger partial charge in [-0.2, -0.15) is 0 Å². The molecule has 0 bridgehead atoms. The fourth-order valence-corrected chi connectivity index (χ4v) is 8.57. The molecule has 3 heteroatoms. The Morgan fingerprint density at radius 1 is 0.352 bits per heavy atom. The Bertz CT molecular complexity index is 2690. The Balaban J connectivity index is 1.21. The van der Waals surface area contributed by atoms with E-state index in [0.29, 0.717) is 0 Å². The van der Waals surface area contributed by atoms with Gasteiger partial charge in [0.15, 0.2) is 0 Å². The van der Waals surface area contributed by atoms with Crippen LogP contribution in [0.4, 0.5) is 34.1 Å². The Morgan fingerprint density at radius 2 is 0.796 bits per heavy atom. The van der Waals surface area contributed by atoms with Crippen molar-refractivity contribution in [1.29, 1.82) is 0 Å². The quantitative estimate of drug-likeness (QED) is 0.165. The molecule has 0 radical (unpaired) electrons. The maximum atomic E-state index is 2.47. The minimum Gasteiger partial charge on any atom is -0.311 e. The maximum Gasteiger partial charge on any atom is 0.0561 e. The zero-order chi connectivity index (χ0) is 36.2. The molecule has 0 spiro atoms. The number of para-hydroxylation sites is 4. The van der Waals surface area contributed by atoms with Gasteiger partial charge in [-0.1, -0.05) is 117 Å². The molecule has 0 amide bonds. The van der Waals surface area contributed by atoms with Crippen molar-refractivity contribution in [1.82, 2.24) is 4.57 Å². The molecule has 1 heterocycles. The minimum atomic E-state index is -0.111. The molecule has 1 aromatic heterocycles. The van der Waals surface area contributed by atoms with Gasteiger partial charge in [-0.3, -0.25) is 0 Å². The number of hydrogen-bond acceptors (Lipinski definition) is 2. The van der Waals surface area contributed by atoms with Crippen molar-refractivity contribution in [2.75, 3.05) is 9.80 Å². The van der Waals surface area contributed by atoms with Gasteiger partial charge in [0.05, 0.1) is 11.0 Å². The van der Waals surface area contributed by atoms with Crippen LogP contribution in [0.15, 0.2) is 200 Å². The van der Waals surface area contributed by atoms with Crippen LogP contribution in [0, 0.1) is 0 Å². The third-order valence-corrected chi connectivity index (χ3v) is 11.1. The van der Waals surface area contributed by atoms with Gasteiger partial charge < -0.3 is 14.4 Å². The second-order valence-electron chi connectivity index (χ2n) is 14.7. The molecule has 258 valence electrons. The molecule has 0 unspecified atom stereocenters. The molecule has 1 aliphatic carbocycles. The summed E-state index contributed by atoms with van der Waals surface area (Å²) in [6, 6.07) is 72.4. The van der Waals surface area contributed by atoms with E-state index in [9.17, 15) is 0 Å². The third-order valence-electron chi connectivity index (χ3n) is 11.1. The van der Waals surface area contributed by atoms with E-state index in [1.807, 2.05) is 0 Å². The maximum absolute atomic E-state index is 2.47. The Hall–Kier alpha value is -6.84. The van der Waals surface area contributed by atoms with Crippen molar-refractivity contribution in [2.45, 2.75) is 19.3 Å². The normalized spacial score (nSPS) is 12.8. The minimum absolute atomic E-state index is 0.111. The molecule has 0 atom stereocenters. The lowest BCUT2D eigenvalue weighted by molar-refractivity contribution is 0.661. The Morgan fingerprint density at radius 3 is 1.35 bits per heavy atom. The first-order chi connectivity index (χ1) is 26.6. The fourth-order valence-electron chi connectivity index (χ4n) is 8.57. The van der Waals surface area contributed by atoms with Crippen molar-refractivity contribution < 1.29 is 0 Å².